The summed E-state index contributed by atoms with van der Waals surface area (Å²) in [5, 5.41) is 4.01. The number of halogens is 3. The molecule has 3 fully saturated rings. The Morgan fingerprint density at radius 2 is 1.78 bits per heavy atom. The summed E-state index contributed by atoms with van der Waals surface area (Å²) in [7, 11) is 0. The van der Waals surface area contributed by atoms with Gasteiger partial charge in [0.25, 0.3) is 5.91 Å². The Labute approximate surface area is 180 Å². The van der Waals surface area contributed by atoms with Gasteiger partial charge in [-0.3, -0.25) is 4.79 Å². The molecule has 0 bridgehead atoms. The van der Waals surface area contributed by atoms with Crippen LogP contribution in [0.4, 0.5) is 19.1 Å². The summed E-state index contributed by atoms with van der Waals surface area (Å²) in [5.74, 6) is -1.55. The number of carbonyl (C=O) groups is 1. The van der Waals surface area contributed by atoms with Gasteiger partial charge in [-0.1, -0.05) is 0 Å². The van der Waals surface area contributed by atoms with Crippen molar-refractivity contribution in [3.8, 4) is 0 Å². The normalized spacial score (nSPS) is 24.7. The molecule has 8 nitrogen and oxygen atoms in total. The number of carbonyl (C=O) groups excluding carboxylic acids is 1. The highest BCUT2D eigenvalue weighted by Gasteiger charge is 2.58. The highest BCUT2D eigenvalue weighted by molar-refractivity contribution is 5.88. The third kappa shape index (κ3) is 2.80. The summed E-state index contributed by atoms with van der Waals surface area (Å²) < 4.78 is 49.0. The first-order valence-corrected chi connectivity index (χ1v) is 10.5. The average Bonchev–Trinajstić information content (AvgIpc) is 3.43. The summed E-state index contributed by atoms with van der Waals surface area (Å²) in [4.78, 5) is 25.2. The SMILES string of the molecule is O=C1N2[C@@H](CC[C@H]2c2cc(F)cc(F)c2)OC12CCN(c1ncnc3c(F)cnn13)CC2. The topological polar surface area (TPSA) is 75.9 Å². The van der Waals surface area contributed by atoms with E-state index < -0.39 is 35.3 Å². The van der Waals surface area contributed by atoms with Gasteiger partial charge in [0.15, 0.2) is 17.1 Å². The summed E-state index contributed by atoms with van der Waals surface area (Å²) in [6.45, 7) is 0.915. The van der Waals surface area contributed by atoms with Crippen molar-refractivity contribution in [2.24, 2.45) is 0 Å². The van der Waals surface area contributed by atoms with Crippen LogP contribution in [0.5, 0.6) is 0 Å². The third-order valence-electron chi connectivity index (χ3n) is 6.69. The van der Waals surface area contributed by atoms with E-state index in [4.69, 9.17) is 4.74 Å². The number of nitrogens with zero attached hydrogens (tertiary/aromatic N) is 6. The van der Waals surface area contributed by atoms with Crippen molar-refractivity contribution in [1.82, 2.24) is 24.5 Å². The van der Waals surface area contributed by atoms with Crippen LogP contribution in [-0.2, 0) is 9.53 Å². The molecule has 166 valence electrons. The van der Waals surface area contributed by atoms with Gasteiger partial charge in [0.1, 0.15) is 24.2 Å². The molecule has 5 heterocycles. The minimum absolute atomic E-state index is 0.0919. The Kier molecular flexibility index (Phi) is 4.19. The Balaban J connectivity index is 1.24. The minimum atomic E-state index is -0.979. The van der Waals surface area contributed by atoms with E-state index in [-0.39, 0.29) is 11.6 Å². The second-order valence-electron chi connectivity index (χ2n) is 8.46. The highest BCUT2D eigenvalue weighted by Crippen LogP contribution is 2.48. The molecule has 0 aliphatic carbocycles. The second-order valence-corrected chi connectivity index (χ2v) is 8.46. The molecular weight excluding hydrogens is 425 g/mol. The zero-order valence-electron chi connectivity index (χ0n) is 16.9. The number of rotatable bonds is 2. The van der Waals surface area contributed by atoms with E-state index in [2.05, 4.69) is 15.1 Å². The number of anilines is 1. The molecular formula is C21H19F3N6O2. The molecule has 0 saturated carbocycles. The van der Waals surface area contributed by atoms with Crippen LogP contribution in [0.15, 0.2) is 30.7 Å². The smallest absolute Gasteiger partial charge is 0.257 e. The molecule has 0 radical (unpaired) electrons. The van der Waals surface area contributed by atoms with Gasteiger partial charge in [-0.2, -0.15) is 9.61 Å². The fraction of sp³-hybridized carbons (Fsp3) is 0.429. The molecule has 1 aromatic carbocycles. The largest absolute Gasteiger partial charge is 0.342 e. The van der Waals surface area contributed by atoms with Crippen LogP contribution >= 0.6 is 0 Å². The lowest BCUT2D eigenvalue weighted by Crippen LogP contribution is -2.51. The van der Waals surface area contributed by atoms with Crippen LogP contribution in [0.1, 0.15) is 37.3 Å². The van der Waals surface area contributed by atoms with Crippen LogP contribution in [0.25, 0.3) is 5.65 Å². The van der Waals surface area contributed by atoms with Gasteiger partial charge in [0.2, 0.25) is 5.95 Å². The standard InChI is InChI=1S/C21H19F3N6O2/c22-13-7-12(8-14(23)9-13)16-1-2-17-29(16)19(31)21(32-17)3-5-28(6-4-21)20-26-11-25-18-15(24)10-27-30(18)20/h7-11,16-17H,1-6H2/t16-,17+/m0/s1. The lowest BCUT2D eigenvalue weighted by atomic mass is 9.89. The van der Waals surface area contributed by atoms with E-state index in [0.717, 1.165) is 12.3 Å². The van der Waals surface area contributed by atoms with Crippen molar-refractivity contribution in [2.75, 3.05) is 18.0 Å². The summed E-state index contributed by atoms with van der Waals surface area (Å²) in [6.07, 6.45) is 4.00. The van der Waals surface area contributed by atoms with E-state index in [1.54, 1.807) is 4.90 Å². The minimum Gasteiger partial charge on any atom is -0.342 e. The maximum absolute atomic E-state index is 13.8. The van der Waals surface area contributed by atoms with E-state index in [1.807, 2.05) is 4.90 Å². The quantitative estimate of drug-likeness (QED) is 0.605. The zero-order chi connectivity index (χ0) is 22.0. The van der Waals surface area contributed by atoms with Gasteiger partial charge in [0.05, 0.1) is 12.2 Å². The molecule has 0 N–H and O–H groups in total. The van der Waals surface area contributed by atoms with Crippen molar-refractivity contribution in [3.05, 3.63) is 53.7 Å². The molecule has 11 heteroatoms. The molecule has 3 aliphatic rings. The summed E-state index contributed by atoms with van der Waals surface area (Å²) in [5.41, 5.74) is -0.442. The monoisotopic (exact) mass is 444 g/mol. The fourth-order valence-electron chi connectivity index (χ4n) is 5.20. The van der Waals surface area contributed by atoms with Gasteiger partial charge < -0.3 is 14.5 Å². The van der Waals surface area contributed by atoms with Gasteiger partial charge in [-0.15, -0.1) is 0 Å². The number of fused-ring (bicyclic) bond motifs is 2. The van der Waals surface area contributed by atoms with Crippen molar-refractivity contribution in [2.45, 2.75) is 43.6 Å². The molecule has 3 saturated heterocycles. The first-order valence-electron chi connectivity index (χ1n) is 10.5. The second kappa shape index (κ2) is 6.89. The number of piperidine rings is 1. The molecule has 1 amide bonds. The predicted octanol–water partition coefficient (Wildman–Crippen LogP) is 2.60. The van der Waals surface area contributed by atoms with Crippen LogP contribution in [0.3, 0.4) is 0 Å². The maximum atomic E-state index is 13.8. The third-order valence-corrected chi connectivity index (χ3v) is 6.69. The lowest BCUT2D eigenvalue weighted by Gasteiger charge is -2.37. The number of amides is 1. The molecule has 2 aromatic heterocycles. The van der Waals surface area contributed by atoms with E-state index in [0.29, 0.717) is 50.3 Å². The number of ether oxygens (including phenoxy) is 1. The Morgan fingerprint density at radius 3 is 2.53 bits per heavy atom. The maximum Gasteiger partial charge on any atom is 0.257 e. The molecule has 3 aromatic rings. The number of hydrogen-bond acceptors (Lipinski definition) is 6. The van der Waals surface area contributed by atoms with Crippen molar-refractivity contribution >= 4 is 17.5 Å². The Bertz CT molecular complexity index is 1210. The molecule has 3 aliphatic heterocycles. The first kappa shape index (κ1) is 19.5. The van der Waals surface area contributed by atoms with Crippen molar-refractivity contribution < 1.29 is 22.7 Å². The van der Waals surface area contributed by atoms with Crippen molar-refractivity contribution in [1.29, 1.82) is 0 Å². The Hall–Kier alpha value is -3.21. The Morgan fingerprint density at radius 1 is 1.03 bits per heavy atom. The molecule has 2 atom stereocenters. The van der Waals surface area contributed by atoms with Crippen molar-refractivity contribution in [3.63, 3.8) is 0 Å². The molecule has 0 unspecified atom stereocenters. The van der Waals surface area contributed by atoms with Gasteiger partial charge >= 0.3 is 0 Å². The van der Waals surface area contributed by atoms with E-state index >= 15 is 0 Å². The molecule has 1 spiro atoms. The molecule has 6 rings (SSSR count). The van der Waals surface area contributed by atoms with Crippen LogP contribution < -0.4 is 4.90 Å². The number of aromatic nitrogens is 4. The average molecular weight is 444 g/mol. The van der Waals surface area contributed by atoms with Gasteiger partial charge in [0, 0.05) is 32.0 Å². The number of benzene rings is 1. The summed E-state index contributed by atoms with van der Waals surface area (Å²) in [6, 6.07) is 2.97. The first-order chi connectivity index (χ1) is 15.4. The van der Waals surface area contributed by atoms with E-state index in [9.17, 15) is 18.0 Å². The van der Waals surface area contributed by atoms with E-state index in [1.165, 1.54) is 23.0 Å². The van der Waals surface area contributed by atoms with Gasteiger partial charge in [-0.05, 0) is 30.5 Å². The van der Waals surface area contributed by atoms with Gasteiger partial charge in [-0.25, -0.2) is 23.1 Å². The van der Waals surface area contributed by atoms with Crippen LogP contribution in [0, 0.1) is 17.5 Å². The zero-order valence-corrected chi connectivity index (χ0v) is 16.9. The van der Waals surface area contributed by atoms with Crippen LogP contribution in [-0.4, -0.2) is 55.3 Å². The summed E-state index contributed by atoms with van der Waals surface area (Å²) >= 11 is 0. The predicted molar refractivity (Wildman–Crippen MR) is 105 cm³/mol. The van der Waals surface area contributed by atoms with Crippen LogP contribution in [0.2, 0.25) is 0 Å². The highest BCUT2D eigenvalue weighted by atomic mass is 19.1. The molecule has 32 heavy (non-hydrogen) atoms. The fourth-order valence-corrected chi connectivity index (χ4v) is 5.20. The lowest BCUT2D eigenvalue weighted by molar-refractivity contribution is -0.140. The number of hydrogen-bond donors (Lipinski definition) is 0.